The zero-order valence-corrected chi connectivity index (χ0v) is 55.6. The molecule has 0 aliphatic heterocycles. The van der Waals surface area contributed by atoms with Crippen molar-refractivity contribution in [2.75, 3.05) is 13.2 Å². The van der Waals surface area contributed by atoms with Gasteiger partial charge < -0.3 is 14.2 Å². The molecule has 0 fully saturated rings. The number of unbranched alkanes of at least 4 members (excludes halogenated alkanes) is 60. The number of hydrogen-bond donors (Lipinski definition) is 0. The van der Waals surface area contributed by atoms with Gasteiger partial charge in [0.15, 0.2) is 6.10 Å². The molecule has 6 nitrogen and oxygen atoms in total. The van der Waals surface area contributed by atoms with Crippen LogP contribution in [0.5, 0.6) is 0 Å². The van der Waals surface area contributed by atoms with Crippen molar-refractivity contribution in [3.05, 3.63) is 0 Å². The Bertz CT molecular complexity index is 1220. The highest BCUT2D eigenvalue weighted by Crippen LogP contribution is 2.20. The molecule has 0 rings (SSSR count). The number of hydrogen-bond acceptors (Lipinski definition) is 6. The summed E-state index contributed by atoms with van der Waals surface area (Å²) in [6.07, 6.45) is 84.6. The molecule has 482 valence electrons. The lowest BCUT2D eigenvalue weighted by Gasteiger charge is -2.18. The van der Waals surface area contributed by atoms with Crippen molar-refractivity contribution in [1.82, 2.24) is 0 Å². The summed E-state index contributed by atoms with van der Waals surface area (Å²) >= 11 is 0. The van der Waals surface area contributed by atoms with Gasteiger partial charge in [-0.1, -0.05) is 406 Å². The highest BCUT2D eigenvalue weighted by molar-refractivity contribution is 5.71. The molecule has 0 N–H and O–H groups in total. The quantitative estimate of drug-likeness (QED) is 0.0343. The summed E-state index contributed by atoms with van der Waals surface area (Å²) in [6, 6.07) is 0. The summed E-state index contributed by atoms with van der Waals surface area (Å²) in [5.41, 5.74) is 0. The molecule has 1 unspecified atom stereocenters. The summed E-state index contributed by atoms with van der Waals surface area (Å²) in [4.78, 5) is 38.4. The molecule has 0 radical (unpaired) electrons. The SMILES string of the molecule is CCCCCCCCCCCCCCCCCCCCCCCCCCCCCCCCCCCCC(=O)OCC(COC(=O)CCCCCCCCCCCCC)OC(=O)CCCCCCCCCCCCCCCCCCCC. The molecule has 1 atom stereocenters. The van der Waals surface area contributed by atoms with Crippen LogP contribution in [0.1, 0.15) is 445 Å². The van der Waals surface area contributed by atoms with Crippen molar-refractivity contribution >= 4 is 17.9 Å². The number of carbonyl (C=O) groups excluding carboxylic acids is 3. The van der Waals surface area contributed by atoms with E-state index in [1.54, 1.807) is 0 Å². The summed E-state index contributed by atoms with van der Waals surface area (Å²) < 4.78 is 17.0. The minimum Gasteiger partial charge on any atom is -0.462 e. The van der Waals surface area contributed by atoms with Gasteiger partial charge in [0, 0.05) is 19.3 Å². The van der Waals surface area contributed by atoms with E-state index in [9.17, 15) is 14.4 Å². The van der Waals surface area contributed by atoms with Crippen LogP contribution in [-0.4, -0.2) is 37.2 Å². The number of esters is 3. The lowest BCUT2D eigenvalue weighted by Crippen LogP contribution is -2.30. The molecule has 0 aromatic rings. The Morgan fingerprint density at radius 1 is 0.198 bits per heavy atom. The Labute approximate surface area is 508 Å². The van der Waals surface area contributed by atoms with E-state index in [0.29, 0.717) is 19.3 Å². The van der Waals surface area contributed by atoms with Crippen molar-refractivity contribution in [2.24, 2.45) is 0 Å². The van der Waals surface area contributed by atoms with Gasteiger partial charge in [0.05, 0.1) is 0 Å². The summed E-state index contributed by atoms with van der Waals surface area (Å²) in [6.45, 7) is 6.73. The van der Waals surface area contributed by atoms with Gasteiger partial charge >= 0.3 is 17.9 Å². The van der Waals surface area contributed by atoms with Crippen LogP contribution in [0.3, 0.4) is 0 Å². The zero-order chi connectivity index (χ0) is 58.5. The Kier molecular flexibility index (Phi) is 69.5. The molecule has 0 saturated carbocycles. The molecule has 0 heterocycles. The predicted molar refractivity (Wildman–Crippen MR) is 354 cm³/mol. The summed E-state index contributed by atoms with van der Waals surface area (Å²) in [5.74, 6) is -0.823. The fraction of sp³-hybridized carbons (Fsp3) is 0.960. The van der Waals surface area contributed by atoms with Gasteiger partial charge in [-0.05, 0) is 19.3 Å². The Morgan fingerprint density at radius 3 is 0.494 bits per heavy atom. The molecule has 0 aliphatic rings. The Hall–Kier alpha value is -1.59. The van der Waals surface area contributed by atoms with E-state index in [4.69, 9.17) is 14.2 Å². The highest BCUT2D eigenvalue weighted by Gasteiger charge is 2.20. The van der Waals surface area contributed by atoms with E-state index >= 15 is 0 Å². The van der Waals surface area contributed by atoms with Crippen LogP contribution >= 0.6 is 0 Å². The minimum absolute atomic E-state index is 0.0604. The lowest BCUT2D eigenvalue weighted by molar-refractivity contribution is -0.167. The first-order valence-corrected chi connectivity index (χ1v) is 37.5. The molecule has 6 heteroatoms. The largest absolute Gasteiger partial charge is 0.462 e. The van der Waals surface area contributed by atoms with E-state index in [2.05, 4.69) is 20.8 Å². The highest BCUT2D eigenvalue weighted by atomic mass is 16.6. The molecular weight excluding hydrogens is 997 g/mol. The van der Waals surface area contributed by atoms with Crippen LogP contribution in [0.2, 0.25) is 0 Å². The number of carbonyl (C=O) groups is 3. The van der Waals surface area contributed by atoms with Crippen molar-refractivity contribution in [3.8, 4) is 0 Å². The van der Waals surface area contributed by atoms with Crippen molar-refractivity contribution in [3.63, 3.8) is 0 Å². The van der Waals surface area contributed by atoms with Gasteiger partial charge in [-0.15, -0.1) is 0 Å². The van der Waals surface area contributed by atoms with Gasteiger partial charge in [-0.25, -0.2) is 0 Å². The third kappa shape index (κ3) is 69.1. The third-order valence-corrected chi connectivity index (χ3v) is 17.6. The maximum Gasteiger partial charge on any atom is 0.306 e. The molecular formula is C75H146O6. The fourth-order valence-corrected chi connectivity index (χ4v) is 12.0. The molecule has 0 spiro atoms. The molecule has 0 aromatic heterocycles. The minimum atomic E-state index is -0.763. The molecule has 0 amide bonds. The maximum absolute atomic E-state index is 12.9. The second-order valence-electron chi connectivity index (χ2n) is 25.9. The molecule has 0 saturated heterocycles. The van der Waals surface area contributed by atoms with Crippen LogP contribution in [0, 0.1) is 0 Å². The van der Waals surface area contributed by atoms with Gasteiger partial charge in [-0.3, -0.25) is 14.4 Å². The first-order valence-electron chi connectivity index (χ1n) is 37.5. The topological polar surface area (TPSA) is 78.9 Å². The maximum atomic E-state index is 12.9. The Morgan fingerprint density at radius 2 is 0.333 bits per heavy atom. The molecule has 0 bridgehead atoms. The number of ether oxygens (including phenoxy) is 3. The summed E-state index contributed by atoms with van der Waals surface area (Å²) in [7, 11) is 0. The first-order chi connectivity index (χ1) is 40.0. The van der Waals surface area contributed by atoms with Gasteiger partial charge in [0.1, 0.15) is 13.2 Å². The van der Waals surface area contributed by atoms with E-state index in [0.717, 1.165) is 57.8 Å². The van der Waals surface area contributed by atoms with Crippen LogP contribution in [0.15, 0.2) is 0 Å². The normalized spacial score (nSPS) is 11.9. The lowest BCUT2D eigenvalue weighted by atomic mass is 10.0. The zero-order valence-electron chi connectivity index (χ0n) is 55.6. The van der Waals surface area contributed by atoms with Crippen molar-refractivity contribution < 1.29 is 28.6 Å². The fourth-order valence-electron chi connectivity index (χ4n) is 12.0. The summed E-state index contributed by atoms with van der Waals surface area (Å²) in [5, 5.41) is 0. The molecule has 81 heavy (non-hydrogen) atoms. The van der Waals surface area contributed by atoms with Crippen molar-refractivity contribution in [2.45, 2.75) is 451 Å². The Balaban J connectivity index is 4.01. The van der Waals surface area contributed by atoms with E-state index in [1.807, 2.05) is 0 Å². The predicted octanol–water partition coefficient (Wildman–Crippen LogP) is 25.8. The second kappa shape index (κ2) is 70.9. The number of rotatable bonds is 71. The third-order valence-electron chi connectivity index (χ3n) is 17.6. The van der Waals surface area contributed by atoms with Gasteiger partial charge in [0.2, 0.25) is 0 Å². The van der Waals surface area contributed by atoms with Crippen LogP contribution < -0.4 is 0 Å². The van der Waals surface area contributed by atoms with E-state index in [-0.39, 0.29) is 31.1 Å². The monoisotopic (exact) mass is 1140 g/mol. The van der Waals surface area contributed by atoms with E-state index in [1.165, 1.54) is 347 Å². The van der Waals surface area contributed by atoms with Gasteiger partial charge in [-0.2, -0.15) is 0 Å². The first kappa shape index (κ1) is 79.4. The standard InChI is InChI=1S/C75H146O6/c1-4-7-10-13-16-19-22-24-26-28-30-31-32-33-34-35-36-37-38-39-40-41-42-43-44-45-47-48-50-53-56-59-62-65-68-74(77)80-71-72(70-79-73(76)67-64-61-58-55-52-21-18-15-12-9-6-3)81-75(78)69-66-63-60-57-54-51-49-46-29-27-25-23-20-17-14-11-8-5-2/h72H,4-71H2,1-3H3. The molecule has 0 aliphatic carbocycles. The van der Waals surface area contributed by atoms with Crippen LogP contribution in [-0.2, 0) is 28.6 Å². The smallest absolute Gasteiger partial charge is 0.306 e. The van der Waals surface area contributed by atoms with Gasteiger partial charge in [0.25, 0.3) is 0 Å². The average molecular weight is 1140 g/mol. The van der Waals surface area contributed by atoms with E-state index < -0.39 is 6.10 Å². The van der Waals surface area contributed by atoms with Crippen LogP contribution in [0.25, 0.3) is 0 Å². The van der Waals surface area contributed by atoms with Crippen molar-refractivity contribution in [1.29, 1.82) is 0 Å². The second-order valence-corrected chi connectivity index (χ2v) is 25.9. The molecule has 0 aromatic carbocycles. The average Bonchev–Trinajstić information content (AvgIpc) is 3.47. The van der Waals surface area contributed by atoms with Crippen LogP contribution in [0.4, 0.5) is 0 Å².